The van der Waals surface area contributed by atoms with Gasteiger partial charge in [0.1, 0.15) is 0 Å². The van der Waals surface area contributed by atoms with E-state index in [1.807, 2.05) is 24.4 Å². The van der Waals surface area contributed by atoms with E-state index in [0.717, 1.165) is 16.3 Å². The fourth-order valence-corrected chi connectivity index (χ4v) is 2.29. The van der Waals surface area contributed by atoms with Crippen molar-refractivity contribution in [3.05, 3.63) is 22.5 Å². The number of rotatable bonds is 1. The van der Waals surface area contributed by atoms with E-state index in [4.69, 9.17) is 5.26 Å². The van der Waals surface area contributed by atoms with E-state index in [1.165, 1.54) is 4.88 Å². The molecule has 0 aliphatic rings. The molecule has 2 heterocycles. The van der Waals surface area contributed by atoms with E-state index >= 15 is 0 Å². The van der Waals surface area contributed by atoms with Crippen LogP contribution in [0.15, 0.2) is 6.20 Å². The molecule has 0 unspecified atom stereocenters. The molecule has 2 aromatic rings. The van der Waals surface area contributed by atoms with Crippen molar-refractivity contribution in [3.8, 4) is 6.07 Å². The summed E-state index contributed by atoms with van der Waals surface area (Å²) >= 11 is 1.66. The van der Waals surface area contributed by atoms with Crippen LogP contribution in [0.2, 0.25) is 0 Å². The standard InChI is InChI=1S/C9H9N3S/c1-6-5-12-8(3-4-10)7(2)11-9(12)13-6/h5H,3H2,1-2H3. The molecule has 2 rings (SSSR count). The van der Waals surface area contributed by atoms with Crippen molar-refractivity contribution in [2.24, 2.45) is 0 Å². The third-order valence-electron chi connectivity index (χ3n) is 1.99. The average Bonchev–Trinajstić information content (AvgIpc) is 2.52. The summed E-state index contributed by atoms with van der Waals surface area (Å²) in [6, 6.07) is 2.16. The van der Waals surface area contributed by atoms with Crippen molar-refractivity contribution < 1.29 is 0 Å². The molecule has 0 bridgehead atoms. The lowest BCUT2D eigenvalue weighted by atomic mass is 10.3. The Kier molecular flexibility index (Phi) is 1.82. The minimum atomic E-state index is 0.434. The Labute approximate surface area is 80.3 Å². The first kappa shape index (κ1) is 8.27. The van der Waals surface area contributed by atoms with E-state index in [-0.39, 0.29) is 0 Å². The summed E-state index contributed by atoms with van der Waals surface area (Å²) in [5.74, 6) is 0. The molecule has 4 heteroatoms. The Morgan fingerprint density at radius 1 is 1.62 bits per heavy atom. The first-order chi connectivity index (χ1) is 6.22. The second kappa shape index (κ2) is 2.86. The second-order valence-electron chi connectivity index (χ2n) is 2.97. The van der Waals surface area contributed by atoms with Crippen LogP contribution in [0.25, 0.3) is 4.96 Å². The third-order valence-corrected chi connectivity index (χ3v) is 2.89. The fourth-order valence-electron chi connectivity index (χ4n) is 1.40. The van der Waals surface area contributed by atoms with Gasteiger partial charge in [-0.05, 0) is 13.8 Å². The monoisotopic (exact) mass is 191 g/mol. The first-order valence-corrected chi connectivity index (χ1v) is 4.85. The summed E-state index contributed by atoms with van der Waals surface area (Å²) in [6.45, 7) is 3.99. The fraction of sp³-hybridized carbons (Fsp3) is 0.333. The van der Waals surface area contributed by atoms with Crippen molar-refractivity contribution in [3.63, 3.8) is 0 Å². The summed E-state index contributed by atoms with van der Waals surface area (Å²) in [5, 5.41) is 8.64. The number of aromatic nitrogens is 2. The number of thiazole rings is 1. The molecule has 3 nitrogen and oxygen atoms in total. The molecule has 13 heavy (non-hydrogen) atoms. The molecule has 0 atom stereocenters. The van der Waals surface area contributed by atoms with Crippen LogP contribution in [0.4, 0.5) is 0 Å². The van der Waals surface area contributed by atoms with E-state index in [0.29, 0.717) is 6.42 Å². The van der Waals surface area contributed by atoms with Crippen LogP contribution in [0.1, 0.15) is 16.3 Å². The highest BCUT2D eigenvalue weighted by atomic mass is 32.1. The smallest absolute Gasteiger partial charge is 0.194 e. The van der Waals surface area contributed by atoms with Crippen molar-refractivity contribution in [1.82, 2.24) is 9.38 Å². The number of nitrogens with zero attached hydrogens (tertiary/aromatic N) is 3. The molecule has 2 aromatic heterocycles. The summed E-state index contributed by atoms with van der Waals surface area (Å²) in [7, 11) is 0. The van der Waals surface area contributed by atoms with Crippen LogP contribution in [-0.4, -0.2) is 9.38 Å². The number of imidazole rings is 1. The molecular formula is C9H9N3S. The number of hydrogen-bond donors (Lipinski definition) is 0. The minimum Gasteiger partial charge on any atom is -0.293 e. The summed E-state index contributed by atoms with van der Waals surface area (Å²) in [5.41, 5.74) is 1.98. The molecule has 0 aromatic carbocycles. The van der Waals surface area contributed by atoms with Gasteiger partial charge in [0.05, 0.1) is 23.9 Å². The van der Waals surface area contributed by atoms with E-state index < -0.39 is 0 Å². The van der Waals surface area contributed by atoms with Crippen molar-refractivity contribution in [1.29, 1.82) is 5.26 Å². The quantitative estimate of drug-likeness (QED) is 0.692. The highest BCUT2D eigenvalue weighted by Gasteiger charge is 2.09. The highest BCUT2D eigenvalue weighted by Crippen LogP contribution is 2.20. The number of nitriles is 1. The third kappa shape index (κ3) is 1.21. The Morgan fingerprint density at radius 3 is 3.08 bits per heavy atom. The molecule has 0 radical (unpaired) electrons. The lowest BCUT2D eigenvalue weighted by Gasteiger charge is -1.91. The van der Waals surface area contributed by atoms with Crippen molar-refractivity contribution in [2.75, 3.05) is 0 Å². The van der Waals surface area contributed by atoms with Crippen LogP contribution >= 0.6 is 11.3 Å². The average molecular weight is 191 g/mol. The van der Waals surface area contributed by atoms with Crippen LogP contribution in [0, 0.1) is 25.2 Å². The highest BCUT2D eigenvalue weighted by molar-refractivity contribution is 7.17. The second-order valence-corrected chi connectivity index (χ2v) is 4.19. The summed E-state index contributed by atoms with van der Waals surface area (Å²) in [6.07, 6.45) is 2.47. The molecule has 0 saturated carbocycles. The van der Waals surface area contributed by atoms with Crippen LogP contribution in [-0.2, 0) is 6.42 Å². The van der Waals surface area contributed by atoms with E-state index in [9.17, 15) is 0 Å². The minimum absolute atomic E-state index is 0.434. The number of hydrogen-bond acceptors (Lipinski definition) is 3. The Balaban J connectivity index is 2.69. The van der Waals surface area contributed by atoms with Gasteiger partial charge >= 0.3 is 0 Å². The van der Waals surface area contributed by atoms with Gasteiger partial charge in [0, 0.05) is 11.1 Å². The number of fused-ring (bicyclic) bond motifs is 1. The van der Waals surface area contributed by atoms with Gasteiger partial charge in [-0.15, -0.1) is 11.3 Å². The Morgan fingerprint density at radius 2 is 2.38 bits per heavy atom. The molecular weight excluding hydrogens is 182 g/mol. The molecule has 0 aliphatic heterocycles. The van der Waals surface area contributed by atoms with Crippen LogP contribution < -0.4 is 0 Å². The van der Waals surface area contributed by atoms with Gasteiger partial charge in [-0.1, -0.05) is 0 Å². The predicted molar refractivity (Wildman–Crippen MR) is 51.9 cm³/mol. The van der Waals surface area contributed by atoms with E-state index in [2.05, 4.69) is 11.1 Å². The van der Waals surface area contributed by atoms with Crippen molar-refractivity contribution in [2.45, 2.75) is 20.3 Å². The van der Waals surface area contributed by atoms with Gasteiger partial charge in [0.2, 0.25) is 0 Å². The zero-order chi connectivity index (χ0) is 9.42. The van der Waals surface area contributed by atoms with Crippen LogP contribution in [0.5, 0.6) is 0 Å². The maximum absolute atomic E-state index is 8.64. The largest absolute Gasteiger partial charge is 0.293 e. The summed E-state index contributed by atoms with van der Waals surface area (Å²) < 4.78 is 2.01. The molecule has 66 valence electrons. The van der Waals surface area contributed by atoms with Gasteiger partial charge in [-0.25, -0.2) is 4.98 Å². The molecule has 0 aliphatic carbocycles. The maximum atomic E-state index is 8.64. The van der Waals surface area contributed by atoms with E-state index in [1.54, 1.807) is 11.3 Å². The lowest BCUT2D eigenvalue weighted by Crippen LogP contribution is -1.90. The maximum Gasteiger partial charge on any atom is 0.194 e. The van der Waals surface area contributed by atoms with Gasteiger partial charge < -0.3 is 0 Å². The Hall–Kier alpha value is -1.34. The molecule has 0 amide bonds. The zero-order valence-electron chi connectivity index (χ0n) is 7.53. The Bertz CT molecular complexity index is 487. The van der Waals surface area contributed by atoms with Gasteiger partial charge in [-0.2, -0.15) is 5.26 Å². The van der Waals surface area contributed by atoms with Crippen molar-refractivity contribution >= 4 is 16.3 Å². The summed E-state index contributed by atoms with van der Waals surface area (Å²) in [4.78, 5) is 6.59. The SMILES string of the molecule is Cc1cn2c(CC#N)c(C)nc2s1. The zero-order valence-corrected chi connectivity index (χ0v) is 8.35. The molecule has 0 fully saturated rings. The van der Waals surface area contributed by atoms with Gasteiger partial charge in [0.15, 0.2) is 4.96 Å². The molecule has 0 saturated heterocycles. The van der Waals surface area contributed by atoms with Gasteiger partial charge in [0.25, 0.3) is 0 Å². The van der Waals surface area contributed by atoms with Gasteiger partial charge in [-0.3, -0.25) is 4.40 Å². The molecule has 0 spiro atoms. The number of aryl methyl sites for hydroxylation is 2. The van der Waals surface area contributed by atoms with Crippen LogP contribution in [0.3, 0.4) is 0 Å². The topological polar surface area (TPSA) is 41.1 Å². The first-order valence-electron chi connectivity index (χ1n) is 4.03. The molecule has 0 N–H and O–H groups in total. The lowest BCUT2D eigenvalue weighted by molar-refractivity contribution is 1.04. The normalized spacial score (nSPS) is 10.5. The predicted octanol–water partition coefficient (Wildman–Crippen LogP) is 2.08.